The molecule has 1 amide bonds. The van der Waals surface area contributed by atoms with E-state index in [1.807, 2.05) is 48.2 Å². The Hall–Kier alpha value is -1.40. The Morgan fingerprint density at radius 2 is 1.84 bits per heavy atom. The molecule has 3 rings (SSSR count). The summed E-state index contributed by atoms with van der Waals surface area (Å²) >= 11 is 7.61. The van der Waals surface area contributed by atoms with Crippen LogP contribution in [0.4, 0.5) is 0 Å². The van der Waals surface area contributed by atoms with E-state index in [0.717, 1.165) is 42.6 Å². The van der Waals surface area contributed by atoms with E-state index in [2.05, 4.69) is 11.0 Å². The van der Waals surface area contributed by atoms with Gasteiger partial charge in [0.25, 0.3) is 0 Å². The van der Waals surface area contributed by atoms with E-state index in [0.29, 0.717) is 0 Å². The number of hydrogen-bond acceptors (Lipinski definition) is 4. The molecule has 1 aliphatic heterocycles. The number of piperazine rings is 1. The fourth-order valence-corrected chi connectivity index (χ4v) is 4.32. The second-order valence-corrected chi connectivity index (χ2v) is 8.33. The lowest BCUT2D eigenvalue weighted by Crippen LogP contribution is -2.50. The Labute approximate surface area is 158 Å². The first kappa shape index (κ1) is 18.4. The highest BCUT2D eigenvalue weighted by atomic mass is 35.5. The minimum Gasteiger partial charge on any atom is -0.340 e. The van der Waals surface area contributed by atoms with E-state index in [1.165, 1.54) is 4.88 Å². The Balaban J connectivity index is 1.52. The molecule has 0 radical (unpaired) electrons. The first-order chi connectivity index (χ1) is 12.0. The van der Waals surface area contributed by atoms with Gasteiger partial charge >= 0.3 is 0 Å². The summed E-state index contributed by atoms with van der Waals surface area (Å²) in [5.74, 6) is -0.0692. The molecule has 1 aromatic carbocycles. The third-order valence-corrected chi connectivity index (χ3v) is 6.02. The van der Waals surface area contributed by atoms with Crippen LogP contribution in [0.5, 0.6) is 0 Å². The van der Waals surface area contributed by atoms with Gasteiger partial charge in [-0.2, -0.15) is 0 Å². The molecule has 6 heteroatoms. The molecule has 0 aliphatic carbocycles. The SMILES string of the molecule is CC(C(=O)N1CCN(Cc2ccc(Cl)s2)CC1)C(N)c1ccccc1. The van der Waals surface area contributed by atoms with Crippen LogP contribution >= 0.6 is 22.9 Å². The number of carbonyl (C=O) groups excluding carboxylic acids is 1. The van der Waals surface area contributed by atoms with E-state index in [1.54, 1.807) is 11.3 Å². The second-order valence-electron chi connectivity index (χ2n) is 6.53. The average molecular weight is 378 g/mol. The summed E-state index contributed by atoms with van der Waals surface area (Å²) in [5, 5.41) is 0. The van der Waals surface area contributed by atoms with E-state index in [-0.39, 0.29) is 17.9 Å². The molecule has 2 atom stereocenters. The van der Waals surface area contributed by atoms with Gasteiger partial charge in [-0.1, -0.05) is 48.9 Å². The van der Waals surface area contributed by atoms with Gasteiger partial charge in [0.1, 0.15) is 0 Å². The molecule has 2 aromatic rings. The van der Waals surface area contributed by atoms with Crippen molar-refractivity contribution >= 4 is 28.8 Å². The summed E-state index contributed by atoms with van der Waals surface area (Å²) < 4.78 is 0.826. The van der Waals surface area contributed by atoms with Crippen LogP contribution < -0.4 is 5.73 Å². The van der Waals surface area contributed by atoms with Crippen molar-refractivity contribution in [3.05, 3.63) is 57.2 Å². The number of amides is 1. The first-order valence-corrected chi connectivity index (χ1v) is 9.80. The van der Waals surface area contributed by atoms with Crippen LogP contribution in [0.15, 0.2) is 42.5 Å². The maximum atomic E-state index is 12.8. The van der Waals surface area contributed by atoms with Gasteiger partial charge in [-0.05, 0) is 17.7 Å². The zero-order chi connectivity index (χ0) is 17.8. The van der Waals surface area contributed by atoms with Crippen LogP contribution in [0.25, 0.3) is 0 Å². The fraction of sp³-hybridized carbons (Fsp3) is 0.421. The highest BCUT2D eigenvalue weighted by Crippen LogP contribution is 2.24. The Kier molecular flexibility index (Phi) is 6.12. The highest BCUT2D eigenvalue weighted by Gasteiger charge is 2.29. The second kappa shape index (κ2) is 8.32. The molecule has 1 aromatic heterocycles. The summed E-state index contributed by atoms with van der Waals surface area (Å²) in [6, 6.07) is 13.6. The summed E-state index contributed by atoms with van der Waals surface area (Å²) in [6.07, 6.45) is 0. The zero-order valence-corrected chi connectivity index (χ0v) is 16.0. The van der Waals surface area contributed by atoms with Gasteiger partial charge in [-0.15, -0.1) is 11.3 Å². The lowest BCUT2D eigenvalue weighted by molar-refractivity contribution is -0.137. The van der Waals surface area contributed by atoms with Crippen molar-refractivity contribution < 1.29 is 4.79 Å². The smallest absolute Gasteiger partial charge is 0.227 e. The number of rotatable bonds is 5. The van der Waals surface area contributed by atoms with Crippen molar-refractivity contribution in [3.8, 4) is 0 Å². The van der Waals surface area contributed by atoms with Gasteiger partial charge in [-0.3, -0.25) is 9.69 Å². The molecule has 1 fully saturated rings. The maximum Gasteiger partial charge on any atom is 0.227 e. The van der Waals surface area contributed by atoms with E-state index in [9.17, 15) is 4.79 Å². The summed E-state index contributed by atoms with van der Waals surface area (Å²) in [6.45, 7) is 6.11. The Morgan fingerprint density at radius 3 is 2.44 bits per heavy atom. The molecule has 25 heavy (non-hydrogen) atoms. The summed E-state index contributed by atoms with van der Waals surface area (Å²) in [4.78, 5) is 18.4. The van der Waals surface area contributed by atoms with Crippen molar-refractivity contribution in [2.75, 3.05) is 26.2 Å². The van der Waals surface area contributed by atoms with Crippen LogP contribution in [-0.4, -0.2) is 41.9 Å². The van der Waals surface area contributed by atoms with Crippen LogP contribution in [0.3, 0.4) is 0 Å². The molecule has 1 aliphatic rings. The molecule has 2 heterocycles. The number of hydrogen-bond donors (Lipinski definition) is 1. The van der Waals surface area contributed by atoms with Crippen LogP contribution in [0, 0.1) is 5.92 Å². The molecule has 2 unspecified atom stereocenters. The average Bonchev–Trinajstić information content (AvgIpc) is 3.06. The molecule has 1 saturated heterocycles. The van der Waals surface area contributed by atoms with Gasteiger partial charge in [0.05, 0.1) is 10.3 Å². The topological polar surface area (TPSA) is 49.6 Å². The number of benzene rings is 1. The lowest BCUT2D eigenvalue weighted by Gasteiger charge is -2.36. The van der Waals surface area contributed by atoms with Crippen LogP contribution in [0.2, 0.25) is 4.34 Å². The van der Waals surface area contributed by atoms with Crippen molar-refractivity contribution in [2.24, 2.45) is 11.7 Å². The van der Waals surface area contributed by atoms with Gasteiger partial charge in [0, 0.05) is 43.6 Å². The number of nitrogens with two attached hydrogens (primary N) is 1. The Bertz CT molecular complexity index is 698. The zero-order valence-electron chi connectivity index (χ0n) is 14.4. The molecule has 0 spiro atoms. The number of halogens is 1. The van der Waals surface area contributed by atoms with Crippen LogP contribution in [0.1, 0.15) is 23.4 Å². The monoisotopic (exact) mass is 377 g/mol. The molecule has 134 valence electrons. The van der Waals surface area contributed by atoms with Crippen molar-refractivity contribution in [1.82, 2.24) is 9.80 Å². The standard InChI is InChI=1S/C19H24ClN3OS/c1-14(18(21)15-5-3-2-4-6-15)19(24)23-11-9-22(10-12-23)13-16-7-8-17(20)25-16/h2-8,14,18H,9-13,21H2,1H3. The number of nitrogens with zero attached hydrogens (tertiary/aromatic N) is 2. The van der Waals surface area contributed by atoms with Crippen LogP contribution in [-0.2, 0) is 11.3 Å². The summed E-state index contributed by atoms with van der Waals surface area (Å²) in [7, 11) is 0. The van der Waals surface area contributed by atoms with E-state index >= 15 is 0 Å². The van der Waals surface area contributed by atoms with E-state index < -0.39 is 0 Å². The van der Waals surface area contributed by atoms with Crippen molar-refractivity contribution in [3.63, 3.8) is 0 Å². The van der Waals surface area contributed by atoms with Gasteiger partial charge in [0.2, 0.25) is 5.91 Å². The summed E-state index contributed by atoms with van der Waals surface area (Å²) in [5.41, 5.74) is 7.32. The van der Waals surface area contributed by atoms with Crippen molar-refractivity contribution in [1.29, 1.82) is 0 Å². The first-order valence-electron chi connectivity index (χ1n) is 8.60. The minimum atomic E-state index is -0.264. The van der Waals surface area contributed by atoms with Gasteiger partial charge < -0.3 is 10.6 Å². The molecular weight excluding hydrogens is 354 g/mol. The van der Waals surface area contributed by atoms with Gasteiger partial charge in [-0.25, -0.2) is 0 Å². The molecule has 0 saturated carbocycles. The fourth-order valence-electron chi connectivity index (χ4n) is 3.19. The lowest BCUT2D eigenvalue weighted by atomic mass is 9.94. The Morgan fingerprint density at radius 1 is 1.16 bits per heavy atom. The van der Waals surface area contributed by atoms with E-state index in [4.69, 9.17) is 17.3 Å². The highest BCUT2D eigenvalue weighted by molar-refractivity contribution is 7.16. The van der Waals surface area contributed by atoms with Crippen molar-refractivity contribution in [2.45, 2.75) is 19.5 Å². The third kappa shape index (κ3) is 4.61. The molecular formula is C19H24ClN3OS. The predicted octanol–water partition coefficient (Wildman–Crippen LogP) is 3.38. The normalized spacial score (nSPS) is 18.1. The molecule has 4 nitrogen and oxygen atoms in total. The third-order valence-electron chi connectivity index (χ3n) is 4.80. The largest absolute Gasteiger partial charge is 0.340 e. The molecule has 0 bridgehead atoms. The number of carbonyl (C=O) groups is 1. The quantitative estimate of drug-likeness (QED) is 0.868. The minimum absolute atomic E-state index is 0.148. The number of thiophene rings is 1. The van der Waals surface area contributed by atoms with Gasteiger partial charge in [0.15, 0.2) is 0 Å². The predicted molar refractivity (Wildman–Crippen MR) is 104 cm³/mol. The maximum absolute atomic E-state index is 12.8. The molecule has 2 N–H and O–H groups in total.